The molecule has 0 aliphatic rings. The predicted octanol–water partition coefficient (Wildman–Crippen LogP) is 5.27. The van der Waals surface area contributed by atoms with Crippen LogP contribution in [0.1, 0.15) is 10.4 Å². The molecule has 0 aliphatic carbocycles. The number of pyridine rings is 3. The number of H-pyrrole nitrogens is 1. The number of benzene rings is 3. The van der Waals surface area contributed by atoms with E-state index in [1.165, 1.54) is 56.4 Å². The van der Waals surface area contributed by atoms with Gasteiger partial charge < -0.3 is 29.1 Å². The molecular formula is C31H22F2N4O6. The maximum atomic E-state index is 15.2. The van der Waals surface area contributed by atoms with E-state index < -0.39 is 28.5 Å². The van der Waals surface area contributed by atoms with Gasteiger partial charge in [-0.1, -0.05) is 0 Å². The van der Waals surface area contributed by atoms with Crippen LogP contribution < -0.4 is 30.5 Å². The zero-order chi connectivity index (χ0) is 30.4. The van der Waals surface area contributed by atoms with Crippen molar-refractivity contribution in [2.75, 3.05) is 19.5 Å². The molecule has 0 spiro atoms. The summed E-state index contributed by atoms with van der Waals surface area (Å²) >= 11 is 0. The van der Waals surface area contributed by atoms with E-state index in [4.69, 9.17) is 14.2 Å². The van der Waals surface area contributed by atoms with Crippen molar-refractivity contribution in [3.63, 3.8) is 0 Å². The summed E-state index contributed by atoms with van der Waals surface area (Å²) in [6, 6.07) is 12.3. The Kier molecular flexibility index (Phi) is 6.73. The lowest BCUT2D eigenvalue weighted by atomic mass is 10.1. The highest BCUT2D eigenvalue weighted by Crippen LogP contribution is 2.37. The number of aromatic amines is 1. The van der Waals surface area contributed by atoms with E-state index >= 15 is 4.39 Å². The number of ether oxygens (including phenoxy) is 3. The van der Waals surface area contributed by atoms with Crippen molar-refractivity contribution in [1.82, 2.24) is 14.5 Å². The highest BCUT2D eigenvalue weighted by molar-refractivity contribution is 6.10. The minimum absolute atomic E-state index is 0.0212. The monoisotopic (exact) mass is 584 g/mol. The van der Waals surface area contributed by atoms with E-state index in [1.54, 1.807) is 18.2 Å². The van der Waals surface area contributed by atoms with E-state index in [9.17, 15) is 18.8 Å². The smallest absolute Gasteiger partial charge is 0.273 e. The summed E-state index contributed by atoms with van der Waals surface area (Å²) in [6.07, 6.45) is 2.73. The number of nitrogens with zero attached hydrogens (tertiary/aromatic N) is 2. The van der Waals surface area contributed by atoms with Gasteiger partial charge in [0.1, 0.15) is 22.6 Å². The number of amides is 1. The number of aromatic nitrogens is 3. The summed E-state index contributed by atoms with van der Waals surface area (Å²) in [6.45, 7) is 0. The highest BCUT2D eigenvalue weighted by Gasteiger charge is 2.20. The Balaban J connectivity index is 1.32. The summed E-state index contributed by atoms with van der Waals surface area (Å²) in [5.41, 5.74) is -0.906. The lowest BCUT2D eigenvalue weighted by Gasteiger charge is -2.13. The average molecular weight is 585 g/mol. The number of carbonyl (C=O) groups excluding carboxylic acids is 1. The number of aryl methyl sites for hydroxylation is 1. The van der Waals surface area contributed by atoms with Gasteiger partial charge in [-0.25, -0.2) is 8.78 Å². The van der Waals surface area contributed by atoms with Gasteiger partial charge in [0.2, 0.25) is 5.43 Å². The molecule has 6 rings (SSSR count). The molecule has 0 aliphatic heterocycles. The number of hydrogen-bond acceptors (Lipinski definition) is 7. The molecule has 0 saturated heterocycles. The van der Waals surface area contributed by atoms with Gasteiger partial charge in [0.05, 0.1) is 30.6 Å². The first kappa shape index (κ1) is 27.4. The molecule has 3 aromatic carbocycles. The van der Waals surface area contributed by atoms with E-state index in [0.29, 0.717) is 28.2 Å². The van der Waals surface area contributed by atoms with Crippen LogP contribution in [0, 0.1) is 11.6 Å². The standard InChI is InChI=1S/C31H22F2N4O6/c1-37-14-19(29(38)27-17-6-4-15(32)10-22(17)36-31(40)28(27)37)30(39)35-16-5-7-24(20(33)11-16)43-23-8-9-34-21-13-26(42-3)25(41-2)12-18(21)23/h4-14H,1-3H3,(H,35,39)(H,36,40). The number of halogens is 2. The number of methoxy groups -OCH3 is 2. The van der Waals surface area contributed by atoms with Crippen LogP contribution >= 0.6 is 0 Å². The summed E-state index contributed by atoms with van der Waals surface area (Å²) in [5, 5.41) is 3.31. The van der Waals surface area contributed by atoms with Crippen molar-refractivity contribution >= 4 is 44.3 Å². The minimum Gasteiger partial charge on any atom is -0.493 e. The first-order valence-corrected chi connectivity index (χ1v) is 12.8. The molecule has 3 aromatic heterocycles. The first-order valence-electron chi connectivity index (χ1n) is 12.8. The van der Waals surface area contributed by atoms with Crippen LogP contribution in [0.3, 0.4) is 0 Å². The Hall–Kier alpha value is -5.78. The van der Waals surface area contributed by atoms with Crippen LogP contribution in [0.25, 0.3) is 32.7 Å². The van der Waals surface area contributed by atoms with Crippen LogP contribution in [0.5, 0.6) is 23.0 Å². The fourth-order valence-electron chi connectivity index (χ4n) is 4.95. The third kappa shape index (κ3) is 4.78. The second-order valence-electron chi connectivity index (χ2n) is 9.59. The first-order chi connectivity index (χ1) is 20.7. The number of nitrogens with one attached hydrogen (secondary N) is 2. The van der Waals surface area contributed by atoms with E-state index in [0.717, 1.165) is 18.2 Å². The Morgan fingerprint density at radius 1 is 0.907 bits per heavy atom. The van der Waals surface area contributed by atoms with Crippen molar-refractivity contribution in [1.29, 1.82) is 0 Å². The Morgan fingerprint density at radius 3 is 2.42 bits per heavy atom. The molecule has 0 saturated carbocycles. The van der Waals surface area contributed by atoms with Gasteiger partial charge in [-0.3, -0.25) is 19.4 Å². The molecule has 10 nitrogen and oxygen atoms in total. The molecule has 0 radical (unpaired) electrons. The second kappa shape index (κ2) is 10.6. The normalized spacial score (nSPS) is 11.2. The molecule has 43 heavy (non-hydrogen) atoms. The van der Waals surface area contributed by atoms with Crippen LogP contribution in [0.15, 0.2) is 76.6 Å². The van der Waals surface area contributed by atoms with Gasteiger partial charge >= 0.3 is 0 Å². The lowest BCUT2D eigenvalue weighted by molar-refractivity contribution is 0.102. The summed E-state index contributed by atoms with van der Waals surface area (Å²) in [5.74, 6) is -1.11. The van der Waals surface area contributed by atoms with Gasteiger partial charge in [-0.15, -0.1) is 0 Å². The molecule has 0 fully saturated rings. The summed E-state index contributed by atoms with van der Waals surface area (Å²) in [7, 11) is 4.50. The molecule has 0 atom stereocenters. The number of fused-ring (bicyclic) bond motifs is 4. The number of hydrogen-bond donors (Lipinski definition) is 2. The Morgan fingerprint density at radius 2 is 1.67 bits per heavy atom. The fourth-order valence-corrected chi connectivity index (χ4v) is 4.95. The molecule has 0 bridgehead atoms. The molecule has 12 heteroatoms. The van der Waals surface area contributed by atoms with Gasteiger partial charge in [-0.2, -0.15) is 0 Å². The third-order valence-electron chi connectivity index (χ3n) is 6.96. The van der Waals surface area contributed by atoms with Gasteiger partial charge in [0, 0.05) is 48.0 Å². The number of rotatable bonds is 6. The summed E-state index contributed by atoms with van der Waals surface area (Å²) < 4.78 is 46.8. The van der Waals surface area contributed by atoms with Crippen molar-refractivity contribution in [3.05, 3.63) is 105 Å². The van der Waals surface area contributed by atoms with Gasteiger partial charge in [0.25, 0.3) is 11.5 Å². The largest absolute Gasteiger partial charge is 0.493 e. The lowest BCUT2D eigenvalue weighted by Crippen LogP contribution is -2.26. The minimum atomic E-state index is -0.827. The fraction of sp³-hybridized carbons (Fsp3) is 0.0968. The van der Waals surface area contributed by atoms with Crippen LogP contribution in [0.4, 0.5) is 14.5 Å². The van der Waals surface area contributed by atoms with Crippen LogP contribution in [0.2, 0.25) is 0 Å². The predicted molar refractivity (Wildman–Crippen MR) is 157 cm³/mol. The van der Waals surface area contributed by atoms with E-state index in [1.807, 2.05) is 0 Å². The second-order valence-corrected chi connectivity index (χ2v) is 9.59. The number of anilines is 1. The van der Waals surface area contributed by atoms with Crippen LogP contribution in [-0.4, -0.2) is 34.7 Å². The molecular weight excluding hydrogens is 562 g/mol. The summed E-state index contributed by atoms with van der Waals surface area (Å²) in [4.78, 5) is 46.2. The molecule has 216 valence electrons. The average Bonchev–Trinajstić information content (AvgIpc) is 2.98. The maximum absolute atomic E-state index is 15.2. The van der Waals surface area contributed by atoms with Crippen molar-refractivity contribution in [3.8, 4) is 23.0 Å². The zero-order valence-electron chi connectivity index (χ0n) is 23.0. The van der Waals surface area contributed by atoms with Gasteiger partial charge in [0.15, 0.2) is 23.1 Å². The zero-order valence-corrected chi connectivity index (χ0v) is 23.0. The highest BCUT2D eigenvalue weighted by atomic mass is 19.1. The molecule has 3 heterocycles. The Labute approximate surface area is 241 Å². The van der Waals surface area contributed by atoms with E-state index in [-0.39, 0.29) is 38.8 Å². The third-order valence-corrected chi connectivity index (χ3v) is 6.96. The van der Waals surface area contributed by atoms with E-state index in [2.05, 4.69) is 15.3 Å². The van der Waals surface area contributed by atoms with Crippen molar-refractivity contribution < 1.29 is 27.8 Å². The molecule has 6 aromatic rings. The topological polar surface area (TPSA) is 125 Å². The molecule has 2 N–H and O–H groups in total. The van der Waals surface area contributed by atoms with Crippen molar-refractivity contribution in [2.24, 2.45) is 7.05 Å². The SMILES string of the molecule is COc1cc2nccc(Oc3ccc(NC(=O)c4cn(C)c5c(=O)[nH]c6cc(F)ccc6c5c4=O)cc3F)c2cc1OC. The Bertz CT molecular complexity index is 2230. The van der Waals surface area contributed by atoms with Crippen LogP contribution in [-0.2, 0) is 7.05 Å². The molecule has 0 unspecified atom stereocenters. The quantitative estimate of drug-likeness (QED) is 0.256. The van der Waals surface area contributed by atoms with Gasteiger partial charge in [-0.05, 0) is 42.5 Å². The maximum Gasteiger partial charge on any atom is 0.273 e. The molecule has 1 amide bonds. The van der Waals surface area contributed by atoms with Crippen molar-refractivity contribution in [2.45, 2.75) is 0 Å². The number of carbonyl (C=O) groups is 1.